The van der Waals surface area contributed by atoms with Crippen molar-refractivity contribution in [3.05, 3.63) is 12.8 Å². The maximum atomic E-state index is 2.24. The van der Waals surface area contributed by atoms with E-state index in [1.807, 2.05) is 0 Å². The van der Waals surface area contributed by atoms with Crippen LogP contribution in [0.4, 0.5) is 0 Å². The standard InChI is InChI=1S/C5H8.Y/c1-2-4-5-3-1;/h1-2H,3-5H2;. The van der Waals surface area contributed by atoms with Gasteiger partial charge in [0.05, 0.1) is 6.42 Å². The Bertz CT molecular complexity index is 15.5. The molecule has 1 heteroatoms. The Hall–Kier alpha value is 0.974. The summed E-state index contributed by atoms with van der Waals surface area (Å²) in [6.07, 6.45) is 8.50. The van der Waals surface area contributed by atoms with Crippen LogP contribution in [0.15, 0.2) is 0 Å². The molecule has 0 aromatic carbocycles. The minimum atomic E-state index is 0. The van der Waals surface area contributed by atoms with Gasteiger partial charge < -0.3 is 0 Å². The van der Waals surface area contributed by atoms with Crippen molar-refractivity contribution in [3.8, 4) is 0 Å². The summed E-state index contributed by atoms with van der Waals surface area (Å²) in [7, 11) is 0. The third kappa shape index (κ3) is 2.20. The molecule has 0 aromatic rings. The summed E-state index contributed by atoms with van der Waals surface area (Å²) in [6, 6.07) is 0. The molecule has 0 heterocycles. The van der Waals surface area contributed by atoms with Crippen LogP contribution in [-0.4, -0.2) is 0 Å². The van der Waals surface area contributed by atoms with Crippen LogP contribution >= 0.6 is 0 Å². The van der Waals surface area contributed by atoms with E-state index < -0.39 is 0 Å². The van der Waals surface area contributed by atoms with Crippen LogP contribution in [0, 0.1) is 12.8 Å². The number of hydrogen-bond acceptors (Lipinski definition) is 0. The zero-order chi connectivity index (χ0) is 3.54. The maximum absolute atomic E-state index is 2.24. The minimum absolute atomic E-state index is 0. The first kappa shape index (κ1) is 6.97. The second-order valence-corrected chi connectivity index (χ2v) is 1.40. The molecule has 0 saturated heterocycles. The summed E-state index contributed by atoms with van der Waals surface area (Å²) in [5.41, 5.74) is 0. The molecule has 0 aromatic heterocycles. The van der Waals surface area contributed by atoms with Crippen molar-refractivity contribution in [1.82, 2.24) is 0 Å². The summed E-state index contributed by atoms with van der Waals surface area (Å²) < 4.78 is 0. The van der Waals surface area contributed by atoms with E-state index in [9.17, 15) is 0 Å². The second-order valence-electron chi connectivity index (χ2n) is 1.40. The van der Waals surface area contributed by atoms with E-state index in [1.54, 1.807) is 0 Å². The summed E-state index contributed by atoms with van der Waals surface area (Å²) in [5, 5.41) is 0. The molecule has 0 nitrogen and oxygen atoms in total. The van der Waals surface area contributed by atoms with E-state index in [1.165, 1.54) is 19.3 Å². The Kier molecular flexibility index (Phi) is 4.81. The first-order valence-electron chi connectivity index (χ1n) is 2.15. The van der Waals surface area contributed by atoms with E-state index >= 15 is 0 Å². The summed E-state index contributed by atoms with van der Waals surface area (Å²) in [4.78, 5) is 0. The van der Waals surface area contributed by atoms with Gasteiger partial charge in [-0.1, -0.05) is 6.42 Å². The van der Waals surface area contributed by atoms with Gasteiger partial charge in [-0.15, -0.1) is 12.8 Å². The zero-order valence-corrected chi connectivity index (χ0v) is 6.69. The predicted octanol–water partition coefficient (Wildman–Crippen LogP) is 1.58. The van der Waals surface area contributed by atoms with Crippen molar-refractivity contribution in [2.45, 2.75) is 19.3 Å². The molecule has 0 atom stereocenters. The molecule has 1 fully saturated rings. The number of hydrogen-bond donors (Lipinski definition) is 0. The Morgan fingerprint density at radius 2 is 2.33 bits per heavy atom. The fraction of sp³-hybridized carbons (Fsp3) is 0.600. The molecule has 0 aliphatic heterocycles. The van der Waals surface area contributed by atoms with E-state index in [-0.39, 0.29) is 32.7 Å². The van der Waals surface area contributed by atoms with Gasteiger partial charge in [0.15, 0.2) is 0 Å². The zero-order valence-electron chi connectivity index (χ0n) is 3.85. The van der Waals surface area contributed by atoms with Crippen LogP contribution in [0.2, 0.25) is 0 Å². The number of rotatable bonds is 0. The van der Waals surface area contributed by atoms with Gasteiger partial charge in [-0.25, -0.2) is 0 Å². The average Bonchev–Trinajstić information content (AvgIpc) is 1.76. The largest absolute Gasteiger partial charge is 0.135 e. The first-order chi connectivity index (χ1) is 2.50. The first-order valence-corrected chi connectivity index (χ1v) is 2.15. The van der Waals surface area contributed by atoms with E-state index in [0.29, 0.717) is 0 Å². The smallest absolute Gasteiger partial charge is 0.0549 e. The molecular weight excluding hydrogens is 149 g/mol. The van der Waals surface area contributed by atoms with Gasteiger partial charge >= 0.3 is 0 Å². The van der Waals surface area contributed by atoms with E-state index in [2.05, 4.69) is 12.8 Å². The Balaban J connectivity index is 0.000000250. The molecular formula is C5H8Y. The van der Waals surface area contributed by atoms with Crippen molar-refractivity contribution in [3.63, 3.8) is 0 Å². The van der Waals surface area contributed by atoms with Gasteiger partial charge in [0.1, 0.15) is 0 Å². The molecule has 31 valence electrons. The molecule has 6 heavy (non-hydrogen) atoms. The van der Waals surface area contributed by atoms with Gasteiger partial charge in [0.25, 0.3) is 0 Å². The summed E-state index contributed by atoms with van der Waals surface area (Å²) in [5.74, 6) is 0. The van der Waals surface area contributed by atoms with Crippen molar-refractivity contribution >= 4 is 0 Å². The Labute approximate surface area is 64.6 Å². The SMILES string of the molecule is [CH+]1[CH-]CCC1.[Y]. The van der Waals surface area contributed by atoms with E-state index in [4.69, 9.17) is 0 Å². The molecule has 1 radical (unpaired) electrons. The van der Waals surface area contributed by atoms with Crippen LogP contribution in [-0.2, 0) is 32.7 Å². The van der Waals surface area contributed by atoms with Gasteiger partial charge in [-0.2, -0.15) is 0 Å². The molecule has 1 aliphatic carbocycles. The van der Waals surface area contributed by atoms with Gasteiger partial charge in [-0.05, 0) is 6.42 Å². The maximum Gasteiger partial charge on any atom is 0.0549 e. The molecule has 1 saturated carbocycles. The van der Waals surface area contributed by atoms with E-state index in [0.717, 1.165) is 0 Å². The van der Waals surface area contributed by atoms with Crippen LogP contribution in [0.3, 0.4) is 0 Å². The van der Waals surface area contributed by atoms with Crippen LogP contribution < -0.4 is 0 Å². The molecule has 1 aliphatic rings. The topological polar surface area (TPSA) is 0 Å². The molecule has 0 N–H and O–H groups in total. The van der Waals surface area contributed by atoms with Crippen molar-refractivity contribution < 1.29 is 32.7 Å². The van der Waals surface area contributed by atoms with Gasteiger partial charge in [0.2, 0.25) is 0 Å². The van der Waals surface area contributed by atoms with Gasteiger partial charge in [0, 0.05) is 32.7 Å². The van der Waals surface area contributed by atoms with Crippen molar-refractivity contribution in [2.24, 2.45) is 0 Å². The third-order valence-electron chi connectivity index (χ3n) is 0.908. The second kappa shape index (κ2) is 4.14. The molecule has 1 rings (SSSR count). The Morgan fingerprint density at radius 3 is 2.50 bits per heavy atom. The average molecular weight is 157 g/mol. The van der Waals surface area contributed by atoms with Crippen LogP contribution in [0.5, 0.6) is 0 Å². The molecule has 0 bridgehead atoms. The van der Waals surface area contributed by atoms with Crippen LogP contribution in [0.1, 0.15) is 19.3 Å². The molecule has 0 spiro atoms. The third-order valence-corrected chi connectivity index (χ3v) is 0.908. The van der Waals surface area contributed by atoms with Crippen LogP contribution in [0.25, 0.3) is 0 Å². The quantitative estimate of drug-likeness (QED) is 0.468. The minimum Gasteiger partial charge on any atom is -0.135 e. The fourth-order valence-electron chi connectivity index (χ4n) is 0.589. The molecule has 0 unspecified atom stereocenters. The summed E-state index contributed by atoms with van der Waals surface area (Å²) in [6.45, 7) is 0. The van der Waals surface area contributed by atoms with Gasteiger partial charge in [-0.3, -0.25) is 0 Å². The monoisotopic (exact) mass is 157 g/mol. The van der Waals surface area contributed by atoms with Crippen molar-refractivity contribution in [2.75, 3.05) is 0 Å². The van der Waals surface area contributed by atoms with Crippen molar-refractivity contribution in [1.29, 1.82) is 0 Å². The molecule has 0 amide bonds. The Morgan fingerprint density at radius 1 is 1.50 bits per heavy atom. The normalized spacial score (nSPS) is 18.7. The summed E-state index contributed by atoms with van der Waals surface area (Å²) >= 11 is 0. The fourth-order valence-corrected chi connectivity index (χ4v) is 0.589. The predicted molar refractivity (Wildman–Crippen MR) is 22.5 cm³/mol.